The Morgan fingerprint density at radius 1 is 1.29 bits per heavy atom. The Morgan fingerprint density at radius 2 is 1.71 bits per heavy atom. The molecule has 0 radical (unpaired) electrons. The topological polar surface area (TPSA) is 0 Å². The fourth-order valence-electron chi connectivity index (χ4n) is 0.0536. The first-order valence-electron chi connectivity index (χ1n) is 1.26. The van der Waals surface area contributed by atoms with Crippen LogP contribution < -0.4 is 0 Å². The number of rotatable bonds is 0. The fraction of sp³-hybridized carbons (Fsp3) is 0. The van der Waals surface area contributed by atoms with Gasteiger partial charge in [0.15, 0.2) is 0 Å². The first kappa shape index (κ1) is 8.13. The molecule has 5 heteroatoms. The standard InChI is InChI=1S/C2BrCl3Si/c3-1-2-7(4,5)6. The summed E-state index contributed by atoms with van der Waals surface area (Å²) in [5.74, 6) is 0. The Kier molecular flexibility index (Phi) is 3.73. The minimum absolute atomic E-state index is 2.34. The molecule has 0 fully saturated rings. The molecule has 0 heterocycles. The Labute approximate surface area is 65.4 Å². The monoisotopic (exact) mass is 236 g/mol. The second-order valence-corrected chi connectivity index (χ2v) is 9.20. The smallest absolute Gasteiger partial charge is 0.113 e. The van der Waals surface area contributed by atoms with Crippen molar-refractivity contribution in [2.75, 3.05) is 0 Å². The third-order valence-electron chi connectivity index (χ3n) is 0.189. The molecular weight excluding hydrogens is 238 g/mol. The molecule has 0 nitrogen and oxygen atoms in total. The Bertz CT molecular complexity index is 106. The molecule has 0 atom stereocenters. The van der Waals surface area contributed by atoms with E-state index in [0.717, 1.165) is 0 Å². The quantitative estimate of drug-likeness (QED) is 0.346. The van der Waals surface area contributed by atoms with Gasteiger partial charge in [0.25, 0.3) is 0 Å². The lowest BCUT2D eigenvalue weighted by molar-refractivity contribution is 2.92. The maximum atomic E-state index is 5.30. The molecule has 0 saturated heterocycles. The van der Waals surface area contributed by atoms with Gasteiger partial charge in [-0.15, -0.1) is 33.2 Å². The highest BCUT2D eigenvalue weighted by Gasteiger charge is 2.20. The zero-order valence-corrected chi connectivity index (χ0v) is 7.87. The minimum atomic E-state index is -2.65. The van der Waals surface area contributed by atoms with E-state index < -0.39 is 6.00 Å². The average Bonchev–Trinajstić information content (AvgIpc) is 1.30. The predicted octanol–water partition coefficient (Wildman–Crippen LogP) is 2.54. The van der Waals surface area contributed by atoms with Crippen molar-refractivity contribution >= 4 is 55.2 Å². The highest BCUT2D eigenvalue weighted by Crippen LogP contribution is 2.17. The number of hydrogen-bond acceptors (Lipinski definition) is 0. The Morgan fingerprint density at radius 3 is 1.71 bits per heavy atom. The third kappa shape index (κ3) is 7.13. The maximum Gasteiger partial charge on any atom is 0.423 e. The van der Waals surface area contributed by atoms with Crippen LogP contribution in [0.25, 0.3) is 0 Å². The zero-order chi connectivity index (χ0) is 5.91. The molecule has 40 valence electrons. The lowest BCUT2D eigenvalue weighted by atomic mass is 11.4. The molecule has 7 heavy (non-hydrogen) atoms. The zero-order valence-electron chi connectivity index (χ0n) is 3.01. The summed E-state index contributed by atoms with van der Waals surface area (Å²) >= 11 is 18.7. The lowest BCUT2D eigenvalue weighted by Gasteiger charge is -1.89. The average molecular weight is 238 g/mol. The first-order chi connectivity index (χ1) is 3.06. The highest BCUT2D eigenvalue weighted by molar-refractivity contribution is 9.12. The van der Waals surface area contributed by atoms with Crippen LogP contribution in [0.1, 0.15) is 0 Å². The van der Waals surface area contributed by atoms with Gasteiger partial charge in [0.05, 0.1) is 0 Å². The van der Waals surface area contributed by atoms with Crippen molar-refractivity contribution in [1.29, 1.82) is 0 Å². The summed E-state index contributed by atoms with van der Waals surface area (Å²) in [4.78, 5) is 2.34. The molecule has 0 aromatic heterocycles. The molecule has 0 aliphatic rings. The second-order valence-electron chi connectivity index (χ2n) is 0.717. The van der Waals surface area contributed by atoms with Crippen LogP contribution in [0, 0.1) is 10.4 Å². The molecule has 0 spiro atoms. The predicted molar refractivity (Wildman–Crippen MR) is 40.0 cm³/mol. The van der Waals surface area contributed by atoms with E-state index in [0.29, 0.717) is 0 Å². The van der Waals surface area contributed by atoms with Crippen LogP contribution in [-0.4, -0.2) is 6.00 Å². The fourth-order valence-corrected chi connectivity index (χ4v) is 2.51. The van der Waals surface area contributed by atoms with Crippen LogP contribution in [0.5, 0.6) is 0 Å². The van der Waals surface area contributed by atoms with Crippen molar-refractivity contribution in [2.24, 2.45) is 0 Å². The van der Waals surface area contributed by atoms with E-state index in [-0.39, 0.29) is 0 Å². The summed E-state index contributed by atoms with van der Waals surface area (Å²) in [5, 5.41) is 0. The summed E-state index contributed by atoms with van der Waals surface area (Å²) in [6.45, 7) is 0. The van der Waals surface area contributed by atoms with Crippen molar-refractivity contribution < 1.29 is 0 Å². The molecule has 0 unspecified atom stereocenters. The molecule has 0 N–H and O–H groups in total. The van der Waals surface area contributed by atoms with Crippen LogP contribution >= 0.6 is 49.2 Å². The molecule has 0 aromatic carbocycles. The van der Waals surface area contributed by atoms with Gasteiger partial charge in [-0.2, -0.15) is 0 Å². The van der Waals surface area contributed by atoms with Crippen LogP contribution in [0.15, 0.2) is 0 Å². The van der Waals surface area contributed by atoms with E-state index in [9.17, 15) is 0 Å². The first-order valence-corrected chi connectivity index (χ1v) is 7.08. The van der Waals surface area contributed by atoms with Gasteiger partial charge >= 0.3 is 6.00 Å². The van der Waals surface area contributed by atoms with Crippen LogP contribution in [0.4, 0.5) is 0 Å². The van der Waals surface area contributed by atoms with E-state index in [1.165, 1.54) is 0 Å². The van der Waals surface area contributed by atoms with Gasteiger partial charge in [-0.05, 0) is 4.83 Å². The van der Waals surface area contributed by atoms with Crippen LogP contribution in [0.3, 0.4) is 0 Å². The SMILES string of the molecule is Cl[Si](Cl)(Cl)C#CBr. The molecule has 0 saturated carbocycles. The van der Waals surface area contributed by atoms with Crippen molar-refractivity contribution in [3.63, 3.8) is 0 Å². The molecule has 0 aliphatic carbocycles. The van der Waals surface area contributed by atoms with Crippen LogP contribution in [-0.2, 0) is 0 Å². The Hall–Kier alpha value is 1.13. The molecular formula is C2BrCl3Si. The number of hydrogen-bond donors (Lipinski definition) is 0. The largest absolute Gasteiger partial charge is 0.423 e. The van der Waals surface area contributed by atoms with Gasteiger partial charge in [0.1, 0.15) is 0 Å². The summed E-state index contributed by atoms with van der Waals surface area (Å²) in [6.07, 6.45) is 0. The van der Waals surface area contributed by atoms with E-state index in [1.807, 2.05) is 0 Å². The molecule has 0 aliphatic heterocycles. The van der Waals surface area contributed by atoms with Crippen molar-refractivity contribution in [3.8, 4) is 10.4 Å². The lowest BCUT2D eigenvalue weighted by Crippen LogP contribution is -2.03. The number of halogens is 4. The van der Waals surface area contributed by atoms with Gasteiger partial charge in [0.2, 0.25) is 0 Å². The normalized spacial score (nSPS) is 9.71. The second kappa shape index (κ2) is 3.21. The van der Waals surface area contributed by atoms with Crippen molar-refractivity contribution in [3.05, 3.63) is 0 Å². The summed E-state index contributed by atoms with van der Waals surface area (Å²) in [6, 6.07) is -2.65. The van der Waals surface area contributed by atoms with Gasteiger partial charge in [-0.3, -0.25) is 0 Å². The van der Waals surface area contributed by atoms with Gasteiger partial charge < -0.3 is 0 Å². The van der Waals surface area contributed by atoms with E-state index >= 15 is 0 Å². The molecule has 0 aromatic rings. The summed E-state index contributed by atoms with van der Waals surface area (Å²) < 4.78 is 0. The minimum Gasteiger partial charge on any atom is -0.113 e. The van der Waals surface area contributed by atoms with Gasteiger partial charge in [-0.25, -0.2) is 0 Å². The Balaban J connectivity index is 3.72. The molecule has 0 rings (SSSR count). The molecule has 0 bridgehead atoms. The van der Waals surface area contributed by atoms with E-state index in [4.69, 9.17) is 33.2 Å². The summed E-state index contributed by atoms with van der Waals surface area (Å²) in [7, 11) is 0. The van der Waals surface area contributed by atoms with Crippen LogP contribution in [0.2, 0.25) is 0 Å². The van der Waals surface area contributed by atoms with Crippen molar-refractivity contribution in [2.45, 2.75) is 0 Å². The van der Waals surface area contributed by atoms with E-state index in [1.54, 1.807) is 0 Å². The van der Waals surface area contributed by atoms with E-state index in [2.05, 4.69) is 26.3 Å². The van der Waals surface area contributed by atoms with Gasteiger partial charge in [-0.1, -0.05) is 5.54 Å². The third-order valence-corrected chi connectivity index (χ3v) is 2.01. The maximum absolute atomic E-state index is 5.30. The van der Waals surface area contributed by atoms with Crippen molar-refractivity contribution in [1.82, 2.24) is 0 Å². The summed E-state index contributed by atoms with van der Waals surface area (Å²) in [5.41, 5.74) is 2.39. The molecule has 0 amide bonds. The van der Waals surface area contributed by atoms with Gasteiger partial charge in [0, 0.05) is 15.9 Å². The highest BCUT2D eigenvalue weighted by atomic mass is 79.9.